The molecule has 1 aliphatic rings. The lowest BCUT2D eigenvalue weighted by Crippen LogP contribution is -2.47. The number of nitrogens with two attached hydrogens (primary N) is 1. The van der Waals surface area contributed by atoms with Crippen molar-refractivity contribution in [2.45, 2.75) is 19.6 Å². The summed E-state index contributed by atoms with van der Waals surface area (Å²) in [5, 5.41) is 0.493. The van der Waals surface area contributed by atoms with Gasteiger partial charge in [-0.05, 0) is 18.2 Å². The third kappa shape index (κ3) is 3.23. The van der Waals surface area contributed by atoms with Crippen LogP contribution in [0.4, 0.5) is 5.95 Å². The highest BCUT2D eigenvalue weighted by atomic mass is 79.9. The number of benzene rings is 1. The summed E-state index contributed by atoms with van der Waals surface area (Å²) in [7, 11) is 0. The van der Waals surface area contributed by atoms with Crippen LogP contribution in [0.15, 0.2) is 27.5 Å². The summed E-state index contributed by atoms with van der Waals surface area (Å²) in [5.41, 5.74) is 6.29. The monoisotopic (exact) mass is 380 g/mol. The van der Waals surface area contributed by atoms with E-state index in [2.05, 4.69) is 20.9 Å². The number of nitrogens with zero attached hydrogens (tertiary/aromatic N) is 3. The Bertz CT molecular complexity index is 820. The summed E-state index contributed by atoms with van der Waals surface area (Å²) in [6.07, 6.45) is -0.279. The fraction of sp³-hybridized carbons (Fsp3) is 0.400. The number of carbonyl (C=O) groups is 1. The maximum Gasteiger partial charge on any atom is 0.262 e. The molecule has 1 amide bonds. The van der Waals surface area contributed by atoms with Crippen molar-refractivity contribution < 1.29 is 9.53 Å². The van der Waals surface area contributed by atoms with Crippen molar-refractivity contribution in [2.75, 3.05) is 25.4 Å². The Kier molecular flexibility index (Phi) is 4.36. The number of halogens is 1. The Labute approximate surface area is 141 Å². The van der Waals surface area contributed by atoms with Crippen molar-refractivity contribution in [1.82, 2.24) is 14.5 Å². The Hall–Kier alpha value is -1.93. The van der Waals surface area contributed by atoms with Crippen molar-refractivity contribution in [3.63, 3.8) is 0 Å². The van der Waals surface area contributed by atoms with Gasteiger partial charge in [-0.15, -0.1) is 0 Å². The smallest absolute Gasteiger partial charge is 0.262 e. The molecule has 0 radical (unpaired) electrons. The summed E-state index contributed by atoms with van der Waals surface area (Å²) >= 11 is 3.36. The zero-order valence-electron chi connectivity index (χ0n) is 12.7. The Morgan fingerprint density at radius 2 is 2.30 bits per heavy atom. The minimum absolute atomic E-state index is 0.000754. The second-order valence-corrected chi connectivity index (χ2v) is 6.42. The van der Waals surface area contributed by atoms with Gasteiger partial charge in [0.25, 0.3) is 5.56 Å². The SMILES string of the molecule is CC(=O)N1CCOC(Cn2c(N)nc3ccc(Br)cc3c2=O)C1. The van der Waals surface area contributed by atoms with Gasteiger partial charge in [0.1, 0.15) is 0 Å². The predicted octanol–water partition coefficient (Wildman–Crippen LogP) is 0.988. The third-order valence-corrected chi connectivity index (χ3v) is 4.41. The lowest BCUT2D eigenvalue weighted by molar-refractivity contribution is -0.136. The van der Waals surface area contributed by atoms with E-state index in [0.717, 1.165) is 4.47 Å². The van der Waals surface area contributed by atoms with E-state index >= 15 is 0 Å². The minimum Gasteiger partial charge on any atom is -0.373 e. The highest BCUT2D eigenvalue weighted by molar-refractivity contribution is 9.10. The maximum atomic E-state index is 12.7. The van der Waals surface area contributed by atoms with Crippen molar-refractivity contribution in [1.29, 1.82) is 0 Å². The summed E-state index contributed by atoms with van der Waals surface area (Å²) in [6, 6.07) is 5.29. The summed E-state index contributed by atoms with van der Waals surface area (Å²) < 4.78 is 7.87. The van der Waals surface area contributed by atoms with Gasteiger partial charge in [-0.3, -0.25) is 14.2 Å². The van der Waals surface area contributed by atoms with Gasteiger partial charge in [-0.2, -0.15) is 0 Å². The van der Waals surface area contributed by atoms with E-state index < -0.39 is 0 Å². The molecule has 0 aliphatic carbocycles. The van der Waals surface area contributed by atoms with Gasteiger partial charge < -0.3 is 15.4 Å². The molecule has 0 spiro atoms. The third-order valence-electron chi connectivity index (χ3n) is 3.92. The molecule has 7 nitrogen and oxygen atoms in total. The first-order valence-electron chi connectivity index (χ1n) is 7.28. The van der Waals surface area contributed by atoms with Gasteiger partial charge in [0.2, 0.25) is 11.9 Å². The summed E-state index contributed by atoms with van der Waals surface area (Å²) in [5.74, 6) is 0.146. The van der Waals surface area contributed by atoms with Gasteiger partial charge in [-0.25, -0.2) is 4.98 Å². The van der Waals surface area contributed by atoms with Crippen LogP contribution < -0.4 is 11.3 Å². The van der Waals surface area contributed by atoms with Crippen LogP contribution in [0.1, 0.15) is 6.92 Å². The van der Waals surface area contributed by atoms with Crippen molar-refractivity contribution in [3.05, 3.63) is 33.0 Å². The van der Waals surface area contributed by atoms with Crippen LogP contribution >= 0.6 is 15.9 Å². The van der Waals surface area contributed by atoms with Gasteiger partial charge in [0, 0.05) is 24.5 Å². The molecule has 1 aromatic carbocycles. The van der Waals surface area contributed by atoms with Gasteiger partial charge in [0.05, 0.1) is 30.2 Å². The van der Waals surface area contributed by atoms with Crippen LogP contribution in [0.3, 0.4) is 0 Å². The average Bonchev–Trinajstić information content (AvgIpc) is 2.52. The average molecular weight is 381 g/mol. The van der Waals surface area contributed by atoms with E-state index in [4.69, 9.17) is 10.5 Å². The molecule has 122 valence electrons. The summed E-state index contributed by atoms with van der Waals surface area (Å²) in [6.45, 7) is 3.25. The summed E-state index contributed by atoms with van der Waals surface area (Å²) in [4.78, 5) is 30.2. The molecule has 2 heterocycles. The van der Waals surface area contributed by atoms with Crippen LogP contribution in [-0.4, -0.2) is 46.2 Å². The lowest BCUT2D eigenvalue weighted by atomic mass is 10.2. The number of hydrogen-bond acceptors (Lipinski definition) is 5. The zero-order valence-corrected chi connectivity index (χ0v) is 14.2. The number of fused-ring (bicyclic) bond motifs is 1. The van der Waals surface area contributed by atoms with E-state index in [-0.39, 0.29) is 30.1 Å². The van der Waals surface area contributed by atoms with E-state index in [9.17, 15) is 9.59 Å². The molecule has 3 rings (SSSR count). The Morgan fingerprint density at radius 1 is 1.52 bits per heavy atom. The molecule has 1 atom stereocenters. The molecule has 2 N–H and O–H groups in total. The van der Waals surface area contributed by atoms with Gasteiger partial charge in [-0.1, -0.05) is 15.9 Å². The lowest BCUT2D eigenvalue weighted by Gasteiger charge is -2.32. The zero-order chi connectivity index (χ0) is 16.6. The molecule has 1 fully saturated rings. The quantitative estimate of drug-likeness (QED) is 0.838. The van der Waals surface area contributed by atoms with Gasteiger partial charge in [0.15, 0.2) is 0 Å². The normalized spacial score (nSPS) is 18.3. The molecule has 0 bridgehead atoms. The first-order valence-corrected chi connectivity index (χ1v) is 8.07. The fourth-order valence-corrected chi connectivity index (χ4v) is 3.07. The van der Waals surface area contributed by atoms with Crippen LogP contribution in [0.2, 0.25) is 0 Å². The molecular formula is C15H17BrN4O3. The molecule has 1 unspecified atom stereocenters. The number of amides is 1. The topological polar surface area (TPSA) is 90.4 Å². The first-order chi connectivity index (χ1) is 11.0. The number of hydrogen-bond donors (Lipinski definition) is 1. The van der Waals surface area contributed by atoms with E-state index in [1.165, 1.54) is 11.5 Å². The number of rotatable bonds is 2. The maximum absolute atomic E-state index is 12.7. The van der Waals surface area contributed by atoms with Crippen LogP contribution in [0.25, 0.3) is 10.9 Å². The van der Waals surface area contributed by atoms with Crippen molar-refractivity contribution >= 4 is 38.7 Å². The molecular weight excluding hydrogens is 364 g/mol. The largest absolute Gasteiger partial charge is 0.373 e. The van der Waals surface area contributed by atoms with Crippen LogP contribution in [-0.2, 0) is 16.1 Å². The number of morpholine rings is 1. The second kappa shape index (κ2) is 6.29. The number of nitrogen functional groups attached to an aromatic ring is 1. The molecule has 1 saturated heterocycles. The Balaban J connectivity index is 1.93. The molecule has 23 heavy (non-hydrogen) atoms. The molecule has 1 aliphatic heterocycles. The Morgan fingerprint density at radius 3 is 3.04 bits per heavy atom. The fourth-order valence-electron chi connectivity index (χ4n) is 2.71. The molecule has 2 aromatic rings. The van der Waals surface area contributed by atoms with Crippen molar-refractivity contribution in [2.24, 2.45) is 0 Å². The minimum atomic E-state index is -0.279. The number of aromatic nitrogens is 2. The number of anilines is 1. The number of carbonyl (C=O) groups excluding carboxylic acids is 1. The highest BCUT2D eigenvalue weighted by Gasteiger charge is 2.24. The standard InChI is InChI=1S/C15H17BrN4O3/c1-9(21)19-4-5-23-11(7-19)8-20-14(22)12-6-10(16)2-3-13(12)18-15(20)17/h2-3,6,11H,4-5,7-8H2,1H3,(H2,17,18). The molecule has 1 aromatic heterocycles. The van der Waals surface area contributed by atoms with E-state index in [0.29, 0.717) is 30.6 Å². The van der Waals surface area contributed by atoms with Crippen molar-refractivity contribution in [3.8, 4) is 0 Å². The van der Waals surface area contributed by atoms with E-state index in [1.54, 1.807) is 17.0 Å². The molecule has 0 saturated carbocycles. The van der Waals surface area contributed by atoms with E-state index in [1.807, 2.05) is 6.07 Å². The van der Waals surface area contributed by atoms with Gasteiger partial charge >= 0.3 is 0 Å². The van der Waals surface area contributed by atoms with Crippen LogP contribution in [0, 0.1) is 0 Å². The second-order valence-electron chi connectivity index (χ2n) is 5.51. The predicted molar refractivity (Wildman–Crippen MR) is 90.1 cm³/mol. The first kappa shape index (κ1) is 15.9. The highest BCUT2D eigenvalue weighted by Crippen LogP contribution is 2.17. The van der Waals surface area contributed by atoms with Crippen LogP contribution in [0.5, 0.6) is 0 Å². The molecule has 8 heteroatoms. The number of ether oxygens (including phenoxy) is 1.